The highest BCUT2D eigenvalue weighted by atomic mass is 16.3. The monoisotopic (exact) mass is 279 g/mol. The number of nitrogens with zero attached hydrogens (tertiary/aromatic N) is 1. The Morgan fingerprint density at radius 1 is 1.40 bits per heavy atom. The molecule has 1 aliphatic rings. The van der Waals surface area contributed by atoms with Crippen LogP contribution in [0.15, 0.2) is 10.5 Å². The van der Waals surface area contributed by atoms with E-state index >= 15 is 0 Å². The summed E-state index contributed by atoms with van der Waals surface area (Å²) >= 11 is 0. The van der Waals surface area contributed by atoms with E-state index in [2.05, 4.69) is 5.43 Å². The summed E-state index contributed by atoms with van der Waals surface area (Å²) in [6, 6.07) is 1.66. The Morgan fingerprint density at radius 2 is 2.15 bits per heavy atom. The summed E-state index contributed by atoms with van der Waals surface area (Å²) in [4.78, 5) is 25.4. The van der Waals surface area contributed by atoms with Crippen LogP contribution in [-0.2, 0) is 11.3 Å². The molecule has 3 N–H and O–H groups in total. The van der Waals surface area contributed by atoms with Crippen LogP contribution < -0.4 is 11.3 Å². The smallest absolute Gasteiger partial charge is 0.268 e. The van der Waals surface area contributed by atoms with Crippen molar-refractivity contribution in [3.8, 4) is 0 Å². The van der Waals surface area contributed by atoms with E-state index in [1.165, 1.54) is 0 Å². The summed E-state index contributed by atoms with van der Waals surface area (Å²) in [6.07, 6.45) is 4.84. The second kappa shape index (κ2) is 6.56. The molecule has 1 aromatic rings. The number of hydrazine groups is 1. The molecule has 1 aliphatic heterocycles. The fourth-order valence-electron chi connectivity index (χ4n) is 2.50. The van der Waals surface area contributed by atoms with Crippen LogP contribution in [0.25, 0.3) is 0 Å². The number of likely N-dealkylation sites (tertiary alicyclic amines) is 1. The van der Waals surface area contributed by atoms with Gasteiger partial charge >= 0.3 is 0 Å². The van der Waals surface area contributed by atoms with Crippen molar-refractivity contribution in [2.75, 3.05) is 6.54 Å². The molecule has 0 aliphatic carbocycles. The molecule has 0 saturated carbocycles. The number of nitrogens with two attached hydrogens (primary N) is 1. The van der Waals surface area contributed by atoms with E-state index in [1.807, 2.05) is 4.90 Å². The highest BCUT2D eigenvalue weighted by molar-refractivity contribution is 5.94. The van der Waals surface area contributed by atoms with Crippen LogP contribution in [0.3, 0.4) is 0 Å². The Morgan fingerprint density at radius 3 is 2.90 bits per heavy atom. The standard InChI is InChI=1S/C14H21N3O3/c1-10-12(14(19)16-15)8-11(20-10)9-17-7-5-3-2-4-6-13(17)18/h8H,2-7,9,15H2,1H3,(H,16,19). The lowest BCUT2D eigenvalue weighted by Gasteiger charge is -2.23. The first-order valence-electron chi connectivity index (χ1n) is 7.00. The van der Waals surface area contributed by atoms with Crippen LogP contribution >= 0.6 is 0 Å². The van der Waals surface area contributed by atoms with Gasteiger partial charge in [0, 0.05) is 13.0 Å². The van der Waals surface area contributed by atoms with Crippen LogP contribution in [0.2, 0.25) is 0 Å². The number of carbonyl (C=O) groups is 2. The minimum Gasteiger partial charge on any atom is -0.464 e. The largest absolute Gasteiger partial charge is 0.464 e. The topological polar surface area (TPSA) is 88.6 Å². The lowest BCUT2D eigenvalue weighted by molar-refractivity contribution is -0.132. The quantitative estimate of drug-likeness (QED) is 0.498. The average Bonchev–Trinajstić information content (AvgIpc) is 2.78. The summed E-state index contributed by atoms with van der Waals surface area (Å²) in [5, 5.41) is 0. The minimum atomic E-state index is -0.378. The van der Waals surface area contributed by atoms with Crippen molar-refractivity contribution in [1.29, 1.82) is 0 Å². The molecule has 2 amide bonds. The summed E-state index contributed by atoms with van der Waals surface area (Å²) in [5.74, 6) is 6.04. The molecule has 1 saturated heterocycles. The van der Waals surface area contributed by atoms with Crippen molar-refractivity contribution in [3.63, 3.8) is 0 Å². The number of furan rings is 1. The van der Waals surface area contributed by atoms with Gasteiger partial charge in [-0.1, -0.05) is 12.8 Å². The molecule has 0 unspecified atom stereocenters. The van der Waals surface area contributed by atoms with Crippen molar-refractivity contribution in [2.24, 2.45) is 5.84 Å². The molecular formula is C14H21N3O3. The Hall–Kier alpha value is -1.82. The van der Waals surface area contributed by atoms with E-state index in [-0.39, 0.29) is 11.8 Å². The third-order valence-corrected chi connectivity index (χ3v) is 3.61. The summed E-state index contributed by atoms with van der Waals surface area (Å²) < 4.78 is 5.55. The predicted octanol–water partition coefficient (Wildman–Crippen LogP) is 1.48. The van der Waals surface area contributed by atoms with Crippen LogP contribution in [0.5, 0.6) is 0 Å². The zero-order valence-electron chi connectivity index (χ0n) is 11.8. The van der Waals surface area contributed by atoms with Crippen molar-refractivity contribution in [2.45, 2.75) is 45.6 Å². The van der Waals surface area contributed by atoms with Gasteiger partial charge in [-0.3, -0.25) is 15.0 Å². The Balaban J connectivity index is 2.08. The van der Waals surface area contributed by atoms with E-state index in [9.17, 15) is 9.59 Å². The fourth-order valence-corrected chi connectivity index (χ4v) is 2.50. The third kappa shape index (κ3) is 3.39. The summed E-state index contributed by atoms with van der Waals surface area (Å²) in [7, 11) is 0. The lowest BCUT2D eigenvalue weighted by Crippen LogP contribution is -2.32. The molecule has 6 nitrogen and oxygen atoms in total. The van der Waals surface area contributed by atoms with Gasteiger partial charge in [-0.15, -0.1) is 0 Å². The molecule has 1 aromatic heterocycles. The fraction of sp³-hybridized carbons (Fsp3) is 0.571. The number of rotatable bonds is 3. The third-order valence-electron chi connectivity index (χ3n) is 3.61. The van der Waals surface area contributed by atoms with Gasteiger partial charge in [0.2, 0.25) is 5.91 Å². The Labute approximate surface area is 118 Å². The molecule has 20 heavy (non-hydrogen) atoms. The van der Waals surface area contributed by atoms with Crippen LogP contribution in [-0.4, -0.2) is 23.3 Å². The van der Waals surface area contributed by atoms with Gasteiger partial charge in [0.25, 0.3) is 5.91 Å². The van der Waals surface area contributed by atoms with Gasteiger partial charge in [0.15, 0.2) is 0 Å². The second-order valence-corrected chi connectivity index (χ2v) is 5.14. The average molecular weight is 279 g/mol. The molecule has 0 aromatic carbocycles. The lowest BCUT2D eigenvalue weighted by atomic mass is 10.1. The first kappa shape index (κ1) is 14.6. The first-order chi connectivity index (χ1) is 9.61. The molecule has 0 bridgehead atoms. The zero-order valence-corrected chi connectivity index (χ0v) is 11.8. The molecular weight excluding hydrogens is 258 g/mol. The molecule has 2 heterocycles. The van der Waals surface area contributed by atoms with Crippen molar-refractivity contribution >= 4 is 11.8 Å². The number of carbonyl (C=O) groups excluding carboxylic acids is 2. The second-order valence-electron chi connectivity index (χ2n) is 5.14. The molecule has 0 radical (unpaired) electrons. The van der Waals surface area contributed by atoms with Gasteiger partial charge in [0.05, 0.1) is 12.1 Å². The van der Waals surface area contributed by atoms with Crippen LogP contribution in [0, 0.1) is 6.92 Å². The van der Waals surface area contributed by atoms with Crippen molar-refractivity contribution in [1.82, 2.24) is 10.3 Å². The molecule has 110 valence electrons. The number of nitrogens with one attached hydrogen (secondary N) is 1. The molecule has 0 atom stereocenters. The van der Waals surface area contributed by atoms with E-state index < -0.39 is 0 Å². The number of amides is 2. The van der Waals surface area contributed by atoms with E-state index in [1.54, 1.807) is 13.0 Å². The predicted molar refractivity (Wildman–Crippen MR) is 73.6 cm³/mol. The maximum atomic E-state index is 12.0. The number of hydrogen-bond acceptors (Lipinski definition) is 4. The van der Waals surface area contributed by atoms with Gasteiger partial charge in [-0.25, -0.2) is 5.84 Å². The van der Waals surface area contributed by atoms with Gasteiger partial charge in [0.1, 0.15) is 11.5 Å². The molecule has 2 rings (SSSR count). The maximum absolute atomic E-state index is 12.0. The van der Waals surface area contributed by atoms with Gasteiger partial charge in [-0.2, -0.15) is 0 Å². The molecule has 0 spiro atoms. The number of hydrogen-bond donors (Lipinski definition) is 2. The van der Waals surface area contributed by atoms with Crippen molar-refractivity contribution < 1.29 is 14.0 Å². The summed E-state index contributed by atoms with van der Waals surface area (Å²) in [6.45, 7) is 2.87. The minimum absolute atomic E-state index is 0.156. The van der Waals surface area contributed by atoms with E-state index in [0.717, 1.165) is 32.2 Å². The summed E-state index contributed by atoms with van der Waals surface area (Å²) in [5.41, 5.74) is 2.51. The zero-order chi connectivity index (χ0) is 14.5. The van der Waals surface area contributed by atoms with Gasteiger partial charge < -0.3 is 9.32 Å². The molecule has 6 heteroatoms. The van der Waals surface area contributed by atoms with Crippen LogP contribution in [0.4, 0.5) is 0 Å². The van der Waals surface area contributed by atoms with Crippen LogP contribution in [0.1, 0.15) is 54.0 Å². The Bertz CT molecular complexity index is 496. The maximum Gasteiger partial charge on any atom is 0.268 e. The number of nitrogen functional groups attached to an aromatic ring is 1. The Kier molecular flexibility index (Phi) is 4.79. The first-order valence-corrected chi connectivity index (χ1v) is 7.00. The van der Waals surface area contributed by atoms with Crippen molar-refractivity contribution in [3.05, 3.63) is 23.2 Å². The molecule has 1 fully saturated rings. The number of aryl methyl sites for hydroxylation is 1. The highest BCUT2D eigenvalue weighted by Gasteiger charge is 2.19. The van der Waals surface area contributed by atoms with E-state index in [4.69, 9.17) is 10.3 Å². The SMILES string of the molecule is Cc1oc(CN2CCCCCCC2=O)cc1C(=O)NN. The normalized spacial score (nSPS) is 16.7. The highest BCUT2D eigenvalue weighted by Crippen LogP contribution is 2.19. The van der Waals surface area contributed by atoms with Gasteiger partial charge in [-0.05, 0) is 25.8 Å². The van der Waals surface area contributed by atoms with E-state index in [0.29, 0.717) is 30.0 Å².